The number of carbonyl (C=O) groups excluding carboxylic acids is 1. The lowest BCUT2D eigenvalue weighted by molar-refractivity contribution is -0.134. The van der Waals surface area contributed by atoms with Crippen LogP contribution in [0.4, 0.5) is 0 Å². The lowest BCUT2D eigenvalue weighted by atomic mass is 9.97. The van der Waals surface area contributed by atoms with Gasteiger partial charge in [0.2, 0.25) is 6.79 Å². The molecule has 6 heteroatoms. The van der Waals surface area contributed by atoms with Gasteiger partial charge in [-0.15, -0.1) is 0 Å². The molecule has 3 aliphatic heterocycles. The summed E-state index contributed by atoms with van der Waals surface area (Å²) >= 11 is 0. The molecule has 0 spiro atoms. The summed E-state index contributed by atoms with van der Waals surface area (Å²) in [7, 11) is 0. The lowest BCUT2D eigenvalue weighted by Crippen LogP contribution is -2.36. The van der Waals surface area contributed by atoms with Gasteiger partial charge in [0, 0.05) is 6.42 Å². The van der Waals surface area contributed by atoms with Crippen LogP contribution in [-0.2, 0) is 4.79 Å². The van der Waals surface area contributed by atoms with Crippen LogP contribution in [0.15, 0.2) is 47.6 Å². The Morgan fingerprint density at radius 3 is 2.62 bits per heavy atom. The van der Waals surface area contributed by atoms with E-state index in [0.29, 0.717) is 13.0 Å². The fourth-order valence-electron chi connectivity index (χ4n) is 4.25. The van der Waals surface area contributed by atoms with Crippen LogP contribution in [-0.4, -0.2) is 48.0 Å². The van der Waals surface area contributed by atoms with Gasteiger partial charge in [-0.1, -0.05) is 35.9 Å². The Labute approximate surface area is 170 Å². The molecule has 5 rings (SSSR count). The zero-order chi connectivity index (χ0) is 19.8. The number of carbonyl (C=O) groups is 1. The number of hydrogen-bond donors (Lipinski definition) is 0. The lowest BCUT2D eigenvalue weighted by Gasteiger charge is -2.24. The molecule has 0 aliphatic carbocycles. The minimum absolute atomic E-state index is 0.0525. The molecule has 1 amide bonds. The van der Waals surface area contributed by atoms with E-state index in [1.165, 1.54) is 5.56 Å². The van der Waals surface area contributed by atoms with Gasteiger partial charge in [0.1, 0.15) is 0 Å². The Balaban J connectivity index is 1.45. The minimum atomic E-state index is -0.129. The number of likely N-dealkylation sites (tertiary alicyclic amines) is 1. The van der Waals surface area contributed by atoms with E-state index < -0.39 is 0 Å². The van der Waals surface area contributed by atoms with Crippen molar-refractivity contribution in [2.45, 2.75) is 32.2 Å². The molecule has 2 aromatic rings. The van der Waals surface area contributed by atoms with Crippen LogP contribution in [0.1, 0.15) is 42.0 Å². The maximum atomic E-state index is 13.2. The molecule has 0 radical (unpaired) electrons. The second-order valence-electron chi connectivity index (χ2n) is 7.97. The highest BCUT2D eigenvalue weighted by Crippen LogP contribution is 2.39. The first-order valence-corrected chi connectivity index (χ1v) is 10.3. The van der Waals surface area contributed by atoms with Crippen molar-refractivity contribution in [2.75, 3.05) is 26.4 Å². The Morgan fingerprint density at radius 1 is 1.07 bits per heavy atom. The molecule has 1 fully saturated rings. The predicted molar refractivity (Wildman–Crippen MR) is 110 cm³/mol. The summed E-state index contributed by atoms with van der Waals surface area (Å²) in [6, 6.07) is 14.1. The van der Waals surface area contributed by atoms with Crippen molar-refractivity contribution in [3.8, 4) is 11.5 Å². The minimum Gasteiger partial charge on any atom is -0.454 e. The van der Waals surface area contributed by atoms with Crippen molar-refractivity contribution in [3.05, 3.63) is 59.2 Å². The summed E-state index contributed by atoms with van der Waals surface area (Å²) in [5.74, 6) is 1.54. The first kappa shape index (κ1) is 18.2. The van der Waals surface area contributed by atoms with Crippen LogP contribution in [0.3, 0.4) is 0 Å². The Morgan fingerprint density at radius 2 is 1.83 bits per heavy atom. The standard InChI is InChI=1S/C23H25N3O3/c1-16-4-6-17(7-5-16)19-13-20(18-8-9-21-22(12-18)29-15-28-21)26(24-19)23(27)14-25-10-2-3-11-25/h4-9,12,20H,2-3,10-11,13-15H2,1H3. The second-order valence-corrected chi connectivity index (χ2v) is 7.97. The van der Waals surface area contributed by atoms with Gasteiger partial charge in [0.05, 0.1) is 18.3 Å². The van der Waals surface area contributed by atoms with E-state index >= 15 is 0 Å². The van der Waals surface area contributed by atoms with E-state index in [1.807, 2.05) is 18.2 Å². The summed E-state index contributed by atoms with van der Waals surface area (Å²) < 4.78 is 11.0. The van der Waals surface area contributed by atoms with E-state index in [0.717, 1.165) is 54.3 Å². The van der Waals surface area contributed by atoms with Gasteiger partial charge in [0.15, 0.2) is 11.5 Å². The molecule has 29 heavy (non-hydrogen) atoms. The first-order valence-electron chi connectivity index (χ1n) is 10.3. The third-order valence-electron chi connectivity index (χ3n) is 5.89. The molecule has 1 saturated heterocycles. The van der Waals surface area contributed by atoms with Crippen molar-refractivity contribution in [3.63, 3.8) is 0 Å². The third kappa shape index (κ3) is 3.60. The van der Waals surface area contributed by atoms with E-state index in [4.69, 9.17) is 14.6 Å². The number of hydrazone groups is 1. The van der Waals surface area contributed by atoms with E-state index in [2.05, 4.69) is 36.1 Å². The molecule has 1 unspecified atom stereocenters. The van der Waals surface area contributed by atoms with Crippen LogP contribution >= 0.6 is 0 Å². The maximum absolute atomic E-state index is 13.2. The smallest absolute Gasteiger partial charge is 0.257 e. The molecule has 6 nitrogen and oxygen atoms in total. The summed E-state index contributed by atoms with van der Waals surface area (Å²) in [5.41, 5.74) is 4.25. The normalized spacial score (nSPS) is 20.9. The SMILES string of the molecule is Cc1ccc(C2=NN(C(=O)CN3CCCC3)C(c3ccc4c(c3)OCO4)C2)cc1. The largest absolute Gasteiger partial charge is 0.454 e. The summed E-state index contributed by atoms with van der Waals surface area (Å²) in [6.07, 6.45) is 3.02. The average Bonchev–Trinajstić information content (AvgIpc) is 3.48. The summed E-state index contributed by atoms with van der Waals surface area (Å²) in [6.45, 7) is 4.71. The monoisotopic (exact) mass is 391 g/mol. The summed E-state index contributed by atoms with van der Waals surface area (Å²) in [4.78, 5) is 15.4. The van der Waals surface area contributed by atoms with E-state index in [-0.39, 0.29) is 18.7 Å². The van der Waals surface area contributed by atoms with Crippen molar-refractivity contribution >= 4 is 11.6 Å². The van der Waals surface area contributed by atoms with E-state index in [9.17, 15) is 4.79 Å². The molecule has 3 heterocycles. The highest BCUT2D eigenvalue weighted by molar-refractivity contribution is 6.03. The molecular formula is C23H25N3O3. The molecule has 1 atom stereocenters. The molecule has 0 N–H and O–H groups in total. The number of rotatable bonds is 4. The topological polar surface area (TPSA) is 54.4 Å². The van der Waals surface area contributed by atoms with Crippen molar-refractivity contribution in [2.24, 2.45) is 5.10 Å². The highest BCUT2D eigenvalue weighted by Gasteiger charge is 2.34. The van der Waals surface area contributed by atoms with Gasteiger partial charge in [-0.3, -0.25) is 9.69 Å². The van der Waals surface area contributed by atoms with Crippen molar-refractivity contribution in [1.82, 2.24) is 9.91 Å². The number of benzene rings is 2. The first-order chi connectivity index (χ1) is 14.2. The zero-order valence-electron chi connectivity index (χ0n) is 16.6. The fraction of sp³-hybridized carbons (Fsp3) is 0.391. The van der Waals surface area contributed by atoms with Crippen molar-refractivity contribution < 1.29 is 14.3 Å². The highest BCUT2D eigenvalue weighted by atomic mass is 16.7. The number of nitrogens with zero attached hydrogens (tertiary/aromatic N) is 3. The number of ether oxygens (including phenoxy) is 2. The fourth-order valence-corrected chi connectivity index (χ4v) is 4.25. The second kappa shape index (κ2) is 7.52. The molecule has 0 saturated carbocycles. The van der Waals surface area contributed by atoms with Crippen LogP contribution in [0, 0.1) is 6.92 Å². The Hall–Kier alpha value is -2.86. The van der Waals surface area contributed by atoms with Crippen LogP contribution < -0.4 is 9.47 Å². The molecule has 0 bridgehead atoms. The molecule has 3 aliphatic rings. The predicted octanol–water partition coefficient (Wildman–Crippen LogP) is 3.50. The number of fused-ring (bicyclic) bond motifs is 1. The molecular weight excluding hydrogens is 366 g/mol. The molecule has 150 valence electrons. The van der Waals surface area contributed by atoms with Crippen LogP contribution in [0.5, 0.6) is 11.5 Å². The molecule has 2 aromatic carbocycles. The van der Waals surface area contributed by atoms with Crippen LogP contribution in [0.2, 0.25) is 0 Å². The van der Waals surface area contributed by atoms with Gasteiger partial charge in [0.25, 0.3) is 5.91 Å². The Kier molecular flexibility index (Phi) is 4.72. The van der Waals surface area contributed by atoms with Gasteiger partial charge < -0.3 is 9.47 Å². The number of aryl methyl sites for hydroxylation is 1. The molecule has 0 aromatic heterocycles. The number of amides is 1. The average molecular weight is 391 g/mol. The van der Waals surface area contributed by atoms with Gasteiger partial charge >= 0.3 is 0 Å². The van der Waals surface area contributed by atoms with Gasteiger partial charge in [-0.25, -0.2) is 5.01 Å². The van der Waals surface area contributed by atoms with Crippen LogP contribution in [0.25, 0.3) is 0 Å². The quantitative estimate of drug-likeness (QED) is 0.801. The summed E-state index contributed by atoms with van der Waals surface area (Å²) in [5, 5.41) is 6.47. The Bertz CT molecular complexity index is 948. The van der Waals surface area contributed by atoms with Gasteiger partial charge in [-0.2, -0.15) is 5.10 Å². The maximum Gasteiger partial charge on any atom is 0.257 e. The van der Waals surface area contributed by atoms with Crippen molar-refractivity contribution in [1.29, 1.82) is 0 Å². The third-order valence-corrected chi connectivity index (χ3v) is 5.89. The van der Waals surface area contributed by atoms with Gasteiger partial charge in [-0.05, 0) is 56.1 Å². The van der Waals surface area contributed by atoms with E-state index in [1.54, 1.807) is 5.01 Å². The number of hydrogen-bond acceptors (Lipinski definition) is 5. The zero-order valence-corrected chi connectivity index (χ0v) is 16.6.